The first-order valence-electron chi connectivity index (χ1n) is 15.1. The fraction of sp³-hybridized carbons (Fsp3) is 0.455. The number of rotatable bonds is 11. The van der Waals surface area contributed by atoms with Crippen LogP contribution in [0.5, 0.6) is 5.75 Å². The normalized spacial score (nSPS) is 16.9. The molecule has 2 aliphatic heterocycles. The fourth-order valence-corrected chi connectivity index (χ4v) is 5.51. The van der Waals surface area contributed by atoms with Crippen molar-refractivity contribution in [1.82, 2.24) is 15.3 Å². The Morgan fingerprint density at radius 2 is 1.74 bits per heavy atom. The van der Waals surface area contributed by atoms with Crippen molar-refractivity contribution in [1.29, 1.82) is 0 Å². The molecule has 1 aromatic heterocycles. The van der Waals surface area contributed by atoms with E-state index in [1.54, 1.807) is 13.8 Å². The zero-order chi connectivity index (χ0) is 30.2. The van der Waals surface area contributed by atoms with E-state index in [9.17, 15) is 14.7 Å². The molecule has 0 aliphatic carbocycles. The van der Waals surface area contributed by atoms with Gasteiger partial charge in [-0.25, -0.2) is 14.8 Å². The van der Waals surface area contributed by atoms with Crippen molar-refractivity contribution in [3.63, 3.8) is 0 Å². The van der Waals surface area contributed by atoms with Gasteiger partial charge in [-0.05, 0) is 56.2 Å². The van der Waals surface area contributed by atoms with Crippen LogP contribution in [0.3, 0.4) is 0 Å². The van der Waals surface area contributed by atoms with Crippen molar-refractivity contribution >= 4 is 17.6 Å². The van der Waals surface area contributed by atoms with Gasteiger partial charge in [0.2, 0.25) is 0 Å². The van der Waals surface area contributed by atoms with Crippen molar-refractivity contribution in [2.24, 2.45) is 5.92 Å². The van der Waals surface area contributed by atoms with Gasteiger partial charge >= 0.3 is 5.97 Å². The van der Waals surface area contributed by atoms with E-state index in [0.717, 1.165) is 56.7 Å². The number of anilines is 1. The van der Waals surface area contributed by atoms with Crippen LogP contribution in [-0.4, -0.2) is 59.3 Å². The van der Waals surface area contributed by atoms with Crippen molar-refractivity contribution in [2.75, 3.05) is 31.2 Å². The standard InChI is InChI=1S/C33H40N4O6/c1-3-27(32(39)40)35-31(38)29-30(43-21-24-8-5-4-6-9-24)22(2)34-28(36-29)20-23-14-16-37(17-15-23)26-12-10-25(11-13-26)33-41-18-7-19-42-33/h4-6,8-13,23,27,33H,3,7,14-21H2,1-2H3,(H,35,38)(H,39,40). The van der Waals surface area contributed by atoms with Gasteiger partial charge in [0, 0.05) is 30.8 Å². The number of piperidine rings is 1. The number of carbonyl (C=O) groups excluding carboxylic acids is 1. The second kappa shape index (κ2) is 14.4. The summed E-state index contributed by atoms with van der Waals surface area (Å²) in [5.74, 6) is -0.480. The molecule has 1 unspecified atom stereocenters. The Balaban J connectivity index is 1.25. The third-order valence-corrected chi connectivity index (χ3v) is 7.98. The monoisotopic (exact) mass is 588 g/mol. The Kier molecular flexibility index (Phi) is 10.2. The van der Waals surface area contributed by atoms with Gasteiger partial charge in [0.1, 0.15) is 18.5 Å². The average molecular weight is 589 g/mol. The largest absolute Gasteiger partial charge is 0.485 e. The van der Waals surface area contributed by atoms with Crippen molar-refractivity contribution in [3.8, 4) is 5.75 Å². The maximum atomic E-state index is 13.3. The van der Waals surface area contributed by atoms with Crippen LogP contribution in [0.15, 0.2) is 54.6 Å². The maximum Gasteiger partial charge on any atom is 0.326 e. The molecule has 0 spiro atoms. The Morgan fingerprint density at radius 1 is 1.05 bits per heavy atom. The Bertz CT molecular complexity index is 1370. The molecular weight excluding hydrogens is 548 g/mol. The van der Waals surface area contributed by atoms with Crippen LogP contribution < -0.4 is 15.0 Å². The first-order chi connectivity index (χ1) is 20.9. The molecule has 5 rings (SSSR count). The zero-order valence-electron chi connectivity index (χ0n) is 24.8. The summed E-state index contributed by atoms with van der Waals surface area (Å²) in [5.41, 5.74) is 3.77. The van der Waals surface area contributed by atoms with Gasteiger partial charge in [0.15, 0.2) is 17.7 Å². The number of aryl methyl sites for hydroxylation is 1. The van der Waals surface area contributed by atoms with Crippen LogP contribution in [0.25, 0.3) is 0 Å². The number of hydrogen-bond acceptors (Lipinski definition) is 8. The minimum absolute atomic E-state index is 0.0709. The lowest BCUT2D eigenvalue weighted by Crippen LogP contribution is -2.41. The highest BCUT2D eigenvalue weighted by Gasteiger charge is 2.27. The summed E-state index contributed by atoms with van der Waals surface area (Å²) in [6.45, 7) is 7.00. The van der Waals surface area contributed by atoms with Crippen LogP contribution in [0, 0.1) is 12.8 Å². The Morgan fingerprint density at radius 3 is 2.40 bits per heavy atom. The average Bonchev–Trinajstić information content (AvgIpc) is 3.04. The second-order valence-electron chi connectivity index (χ2n) is 11.1. The van der Waals surface area contributed by atoms with E-state index >= 15 is 0 Å². The highest BCUT2D eigenvalue weighted by molar-refractivity contribution is 5.97. The number of nitrogens with one attached hydrogen (secondary N) is 1. The number of benzene rings is 2. The van der Waals surface area contributed by atoms with E-state index in [1.165, 1.54) is 5.69 Å². The highest BCUT2D eigenvalue weighted by atomic mass is 16.7. The second-order valence-corrected chi connectivity index (χ2v) is 11.1. The Hall–Kier alpha value is -4.02. The zero-order valence-corrected chi connectivity index (χ0v) is 24.8. The Labute approximate surface area is 252 Å². The number of aliphatic carboxylic acids is 1. The number of carbonyl (C=O) groups is 2. The minimum atomic E-state index is -1.09. The van der Waals surface area contributed by atoms with Crippen LogP contribution >= 0.6 is 0 Å². The van der Waals surface area contributed by atoms with E-state index in [0.29, 0.717) is 23.9 Å². The van der Waals surface area contributed by atoms with E-state index in [1.807, 2.05) is 30.3 Å². The SMILES string of the molecule is CCC(NC(=O)c1nc(CC2CCN(c3ccc(C4OCCCO4)cc3)CC2)nc(C)c1OCc1ccccc1)C(=O)O. The van der Waals surface area contributed by atoms with Gasteiger partial charge in [0.05, 0.1) is 18.9 Å². The van der Waals surface area contributed by atoms with E-state index in [-0.39, 0.29) is 30.8 Å². The molecule has 2 aliphatic rings. The van der Waals surface area contributed by atoms with Crippen LogP contribution in [0.2, 0.25) is 0 Å². The quantitative estimate of drug-likeness (QED) is 0.324. The number of nitrogens with zero attached hydrogens (tertiary/aromatic N) is 3. The van der Waals surface area contributed by atoms with Crippen LogP contribution in [0.4, 0.5) is 5.69 Å². The molecule has 0 saturated carbocycles. The van der Waals surface area contributed by atoms with E-state index < -0.39 is 17.9 Å². The van der Waals surface area contributed by atoms with Gasteiger partial charge < -0.3 is 29.5 Å². The summed E-state index contributed by atoms with van der Waals surface area (Å²) >= 11 is 0. The lowest BCUT2D eigenvalue weighted by molar-refractivity contribution is -0.183. The number of ether oxygens (including phenoxy) is 3. The summed E-state index contributed by atoms with van der Waals surface area (Å²) in [7, 11) is 0. The molecule has 2 saturated heterocycles. The number of aromatic nitrogens is 2. The molecule has 3 heterocycles. The van der Waals surface area contributed by atoms with E-state index in [2.05, 4.69) is 39.5 Å². The molecule has 10 heteroatoms. The molecular formula is C33H40N4O6. The minimum Gasteiger partial charge on any atom is -0.485 e. The molecule has 0 bridgehead atoms. The summed E-state index contributed by atoms with van der Waals surface area (Å²) in [6.07, 6.45) is 3.45. The molecule has 2 fully saturated rings. The van der Waals surface area contributed by atoms with Gasteiger partial charge in [-0.3, -0.25) is 4.79 Å². The van der Waals surface area contributed by atoms with Gasteiger partial charge in [-0.2, -0.15) is 0 Å². The number of carboxylic acids is 1. The molecule has 3 aromatic rings. The summed E-state index contributed by atoms with van der Waals surface area (Å²) in [6, 6.07) is 17.0. The highest BCUT2D eigenvalue weighted by Crippen LogP contribution is 2.30. The van der Waals surface area contributed by atoms with Gasteiger partial charge in [-0.15, -0.1) is 0 Å². The van der Waals surface area contributed by atoms with Crippen molar-refractivity contribution < 1.29 is 28.9 Å². The molecule has 1 amide bonds. The number of hydrogen-bond donors (Lipinski definition) is 2. The predicted octanol–water partition coefficient (Wildman–Crippen LogP) is 4.85. The first-order valence-corrected chi connectivity index (χ1v) is 15.1. The van der Waals surface area contributed by atoms with Gasteiger partial charge in [0.25, 0.3) is 5.91 Å². The van der Waals surface area contributed by atoms with Crippen molar-refractivity contribution in [3.05, 3.63) is 82.9 Å². The molecule has 0 radical (unpaired) electrons. The molecule has 10 nitrogen and oxygen atoms in total. The third kappa shape index (κ3) is 7.88. The van der Waals surface area contributed by atoms with E-state index in [4.69, 9.17) is 19.2 Å². The fourth-order valence-electron chi connectivity index (χ4n) is 5.51. The first kappa shape index (κ1) is 30.4. The number of amides is 1. The number of carboxylic acid groups (broad SMARTS) is 1. The molecule has 1 atom stereocenters. The van der Waals surface area contributed by atoms with Crippen molar-refractivity contribution in [2.45, 2.75) is 64.9 Å². The smallest absolute Gasteiger partial charge is 0.326 e. The molecule has 228 valence electrons. The summed E-state index contributed by atoms with van der Waals surface area (Å²) < 4.78 is 17.5. The lowest BCUT2D eigenvalue weighted by atomic mass is 9.92. The van der Waals surface area contributed by atoms with Crippen LogP contribution in [0.1, 0.15) is 72.0 Å². The summed E-state index contributed by atoms with van der Waals surface area (Å²) in [4.78, 5) is 36.7. The summed E-state index contributed by atoms with van der Waals surface area (Å²) in [5, 5.41) is 12.1. The molecule has 2 N–H and O–H groups in total. The molecule has 2 aromatic carbocycles. The topological polar surface area (TPSA) is 123 Å². The third-order valence-electron chi connectivity index (χ3n) is 7.98. The maximum absolute atomic E-state index is 13.3. The molecule has 43 heavy (non-hydrogen) atoms. The predicted molar refractivity (Wildman–Crippen MR) is 161 cm³/mol. The lowest BCUT2D eigenvalue weighted by Gasteiger charge is -2.34. The van der Waals surface area contributed by atoms with Gasteiger partial charge in [-0.1, -0.05) is 49.4 Å². The van der Waals surface area contributed by atoms with Crippen LogP contribution in [-0.2, 0) is 27.3 Å².